The molecule has 0 aromatic rings. The molecule has 2 fully saturated rings. The Kier molecular flexibility index (Phi) is 2.05. The van der Waals surface area contributed by atoms with E-state index in [9.17, 15) is 5.11 Å². The summed E-state index contributed by atoms with van der Waals surface area (Å²) in [5.74, 6) is 0. The van der Waals surface area contributed by atoms with Crippen molar-refractivity contribution < 1.29 is 24.4 Å². The van der Waals surface area contributed by atoms with Gasteiger partial charge < -0.3 is 24.4 Å². The second-order valence-corrected chi connectivity index (χ2v) is 3.02. The molecule has 5 heteroatoms. The van der Waals surface area contributed by atoms with Crippen LogP contribution in [0.15, 0.2) is 0 Å². The average molecular weight is 176 g/mol. The van der Waals surface area contributed by atoms with Crippen molar-refractivity contribution in [1.29, 1.82) is 0 Å². The maximum Gasteiger partial charge on any atom is 0.186 e. The zero-order valence-corrected chi connectivity index (χ0v) is 6.71. The van der Waals surface area contributed by atoms with Gasteiger partial charge in [-0.25, -0.2) is 0 Å². The van der Waals surface area contributed by atoms with Gasteiger partial charge in [0, 0.05) is 7.11 Å². The molecule has 2 rings (SSSR count). The standard InChI is InChI=1S/C7H12O5/c1-10-7-6-5(12-6)4(9)3(2-8)11-7/h3-9H,2H2,1H3/t3-,4+,5-,6-,7+/m1/s1. The number of aliphatic hydroxyl groups excluding tert-OH is 2. The molecule has 5 atom stereocenters. The molecular weight excluding hydrogens is 164 g/mol. The van der Waals surface area contributed by atoms with E-state index in [1.807, 2.05) is 0 Å². The Morgan fingerprint density at radius 3 is 2.67 bits per heavy atom. The molecule has 5 nitrogen and oxygen atoms in total. The minimum absolute atomic E-state index is 0.159. The highest BCUT2D eigenvalue weighted by Crippen LogP contribution is 2.37. The molecular formula is C7H12O5. The second kappa shape index (κ2) is 2.93. The Hall–Kier alpha value is -0.200. The molecule has 0 bridgehead atoms. The van der Waals surface area contributed by atoms with Crippen LogP contribution in [0.1, 0.15) is 0 Å². The molecule has 0 amide bonds. The summed E-state index contributed by atoms with van der Waals surface area (Å²) in [4.78, 5) is 0. The minimum Gasteiger partial charge on any atom is -0.394 e. The third-order valence-electron chi connectivity index (χ3n) is 2.27. The first kappa shape index (κ1) is 8.40. The van der Waals surface area contributed by atoms with E-state index in [1.54, 1.807) is 0 Å². The molecule has 12 heavy (non-hydrogen) atoms. The van der Waals surface area contributed by atoms with Crippen molar-refractivity contribution in [3.8, 4) is 0 Å². The maximum atomic E-state index is 9.43. The number of methoxy groups -OCH3 is 1. The number of epoxide rings is 1. The summed E-state index contributed by atoms with van der Waals surface area (Å²) in [6, 6.07) is 0. The summed E-state index contributed by atoms with van der Waals surface area (Å²) in [7, 11) is 1.51. The Morgan fingerprint density at radius 2 is 2.08 bits per heavy atom. The van der Waals surface area contributed by atoms with Crippen LogP contribution >= 0.6 is 0 Å². The molecule has 0 aromatic heterocycles. The smallest absolute Gasteiger partial charge is 0.186 e. The lowest BCUT2D eigenvalue weighted by Gasteiger charge is -2.28. The van der Waals surface area contributed by atoms with Crippen LogP contribution in [0.4, 0.5) is 0 Å². The van der Waals surface area contributed by atoms with Gasteiger partial charge in [-0.15, -0.1) is 0 Å². The molecule has 70 valence electrons. The van der Waals surface area contributed by atoms with Crippen LogP contribution in [0, 0.1) is 0 Å². The topological polar surface area (TPSA) is 71.5 Å². The fraction of sp³-hybridized carbons (Fsp3) is 1.00. The van der Waals surface area contributed by atoms with Gasteiger partial charge in [-0.3, -0.25) is 0 Å². The highest BCUT2D eigenvalue weighted by Gasteiger charge is 2.57. The van der Waals surface area contributed by atoms with Gasteiger partial charge in [-0.2, -0.15) is 0 Å². The van der Waals surface area contributed by atoms with Gasteiger partial charge in [0.1, 0.15) is 24.4 Å². The minimum atomic E-state index is -0.730. The van der Waals surface area contributed by atoms with E-state index in [0.717, 1.165) is 0 Å². The number of fused-ring (bicyclic) bond motifs is 1. The van der Waals surface area contributed by atoms with Crippen LogP contribution in [0.3, 0.4) is 0 Å². The van der Waals surface area contributed by atoms with Crippen molar-refractivity contribution >= 4 is 0 Å². The lowest BCUT2D eigenvalue weighted by atomic mass is 10.1. The summed E-state index contributed by atoms with van der Waals surface area (Å²) < 4.78 is 15.3. The van der Waals surface area contributed by atoms with E-state index in [-0.39, 0.29) is 18.8 Å². The Bertz CT molecular complexity index is 173. The van der Waals surface area contributed by atoms with Gasteiger partial charge in [0.05, 0.1) is 6.61 Å². The van der Waals surface area contributed by atoms with E-state index >= 15 is 0 Å². The molecule has 0 saturated carbocycles. The largest absolute Gasteiger partial charge is 0.394 e. The fourth-order valence-electron chi connectivity index (χ4n) is 1.51. The van der Waals surface area contributed by atoms with Gasteiger partial charge in [0.2, 0.25) is 0 Å². The summed E-state index contributed by atoms with van der Waals surface area (Å²) in [6.45, 7) is -0.215. The van der Waals surface area contributed by atoms with Gasteiger partial charge in [-0.05, 0) is 0 Å². The summed E-state index contributed by atoms with van der Waals surface area (Å²) in [6.07, 6.45) is -2.14. The molecule has 0 unspecified atom stereocenters. The van der Waals surface area contributed by atoms with E-state index in [0.29, 0.717) is 0 Å². The van der Waals surface area contributed by atoms with Crippen molar-refractivity contribution in [3.05, 3.63) is 0 Å². The maximum absolute atomic E-state index is 9.43. The second-order valence-electron chi connectivity index (χ2n) is 3.02. The number of rotatable bonds is 2. The normalized spacial score (nSPS) is 51.8. The van der Waals surface area contributed by atoms with Crippen LogP contribution < -0.4 is 0 Å². The van der Waals surface area contributed by atoms with E-state index in [2.05, 4.69) is 0 Å². The van der Waals surface area contributed by atoms with Gasteiger partial charge in [-0.1, -0.05) is 0 Å². The predicted octanol–water partition coefficient (Wildman–Crippen LogP) is -1.52. The number of aliphatic hydroxyl groups is 2. The first-order valence-electron chi connectivity index (χ1n) is 3.90. The van der Waals surface area contributed by atoms with E-state index in [4.69, 9.17) is 19.3 Å². The molecule has 2 saturated heterocycles. The summed E-state index contributed by atoms with van der Waals surface area (Å²) in [5, 5.41) is 18.2. The van der Waals surface area contributed by atoms with Gasteiger partial charge >= 0.3 is 0 Å². The van der Waals surface area contributed by atoms with Crippen LogP contribution in [-0.4, -0.2) is 54.6 Å². The molecule has 2 aliphatic heterocycles. The highest BCUT2D eigenvalue weighted by molar-refractivity contribution is 5.00. The van der Waals surface area contributed by atoms with Gasteiger partial charge in [0.25, 0.3) is 0 Å². The summed E-state index contributed by atoms with van der Waals surface area (Å²) in [5.41, 5.74) is 0. The average Bonchev–Trinajstić information content (AvgIpc) is 2.85. The lowest BCUT2D eigenvalue weighted by molar-refractivity contribution is -0.207. The SMILES string of the molecule is CO[C@H]1O[C@H](CO)[C@H](O)[C@H]2O[C@@H]12. The van der Waals surface area contributed by atoms with Crippen LogP contribution in [0.25, 0.3) is 0 Å². The lowest BCUT2D eigenvalue weighted by Crippen LogP contribution is -2.47. The molecule has 2 heterocycles. The molecule has 2 N–H and O–H groups in total. The van der Waals surface area contributed by atoms with Crippen molar-refractivity contribution in [2.24, 2.45) is 0 Å². The van der Waals surface area contributed by atoms with Gasteiger partial charge in [0.15, 0.2) is 6.29 Å². The molecule has 2 aliphatic rings. The monoisotopic (exact) mass is 176 g/mol. The van der Waals surface area contributed by atoms with E-state index < -0.39 is 18.5 Å². The zero-order valence-electron chi connectivity index (χ0n) is 6.71. The third kappa shape index (κ3) is 1.14. The van der Waals surface area contributed by atoms with Crippen molar-refractivity contribution in [1.82, 2.24) is 0 Å². The quantitative estimate of drug-likeness (QED) is 0.500. The molecule has 0 radical (unpaired) electrons. The zero-order chi connectivity index (χ0) is 8.72. The van der Waals surface area contributed by atoms with Crippen molar-refractivity contribution in [2.45, 2.75) is 30.7 Å². The van der Waals surface area contributed by atoms with Crippen LogP contribution in [-0.2, 0) is 14.2 Å². The van der Waals surface area contributed by atoms with Crippen LogP contribution in [0.2, 0.25) is 0 Å². The predicted molar refractivity (Wildman–Crippen MR) is 37.4 cm³/mol. The summed E-state index contributed by atoms with van der Waals surface area (Å²) >= 11 is 0. The first-order chi connectivity index (χ1) is 5.77. The molecule has 0 spiro atoms. The van der Waals surface area contributed by atoms with Crippen molar-refractivity contribution in [3.63, 3.8) is 0 Å². The van der Waals surface area contributed by atoms with Crippen molar-refractivity contribution in [2.75, 3.05) is 13.7 Å². The highest BCUT2D eigenvalue weighted by atomic mass is 16.7. The Morgan fingerprint density at radius 1 is 1.33 bits per heavy atom. The number of ether oxygens (including phenoxy) is 3. The Balaban J connectivity index is 2.01. The fourth-order valence-corrected chi connectivity index (χ4v) is 1.51. The third-order valence-corrected chi connectivity index (χ3v) is 2.27. The first-order valence-corrected chi connectivity index (χ1v) is 3.90. The van der Waals surface area contributed by atoms with Crippen LogP contribution in [0.5, 0.6) is 0 Å². The molecule has 0 aliphatic carbocycles. The number of hydrogen-bond donors (Lipinski definition) is 2. The van der Waals surface area contributed by atoms with E-state index in [1.165, 1.54) is 7.11 Å². The number of hydrogen-bond acceptors (Lipinski definition) is 5. The molecule has 0 aromatic carbocycles. The Labute approximate surface area is 69.8 Å².